The maximum Gasteiger partial charge on any atom is 0.573 e. The van der Waals surface area contributed by atoms with Crippen LogP contribution in [0.4, 0.5) is 18.3 Å². The molecule has 4 aromatic rings. The number of carbonyl (C=O) groups excluding carboxylic acids is 2. The van der Waals surface area contributed by atoms with Gasteiger partial charge in [-0.15, -0.1) is 13.2 Å². The number of nitrogens with one attached hydrogen (secondary N) is 1. The van der Waals surface area contributed by atoms with E-state index in [1.807, 2.05) is 18.2 Å². The van der Waals surface area contributed by atoms with Gasteiger partial charge < -0.3 is 14.8 Å². The predicted molar refractivity (Wildman–Crippen MR) is 144 cm³/mol. The lowest BCUT2D eigenvalue weighted by atomic mass is 10.1. The average molecular weight is 574 g/mol. The zero-order chi connectivity index (χ0) is 27.7. The Morgan fingerprint density at radius 3 is 2.62 bits per heavy atom. The SMILES string of the molecule is COc1ncc(-c2ccc3nc(NC(=O)C4CC4)sc3c2)cc1C(=O)SC(C)c1ccccc1OC(F)(F)F. The van der Waals surface area contributed by atoms with Gasteiger partial charge in [-0.2, -0.15) is 0 Å². The number of hydrogen-bond acceptors (Lipinski definition) is 8. The molecule has 1 N–H and O–H groups in total. The third kappa shape index (κ3) is 6.34. The van der Waals surface area contributed by atoms with Crippen molar-refractivity contribution in [3.63, 3.8) is 0 Å². The van der Waals surface area contributed by atoms with Crippen molar-refractivity contribution in [2.75, 3.05) is 12.4 Å². The summed E-state index contributed by atoms with van der Waals surface area (Å²) < 4.78 is 48.9. The van der Waals surface area contributed by atoms with E-state index in [-0.39, 0.29) is 34.6 Å². The van der Waals surface area contributed by atoms with E-state index in [1.165, 1.54) is 36.6 Å². The van der Waals surface area contributed by atoms with Gasteiger partial charge in [-0.05, 0) is 49.6 Å². The van der Waals surface area contributed by atoms with Crippen molar-refractivity contribution in [1.29, 1.82) is 0 Å². The monoisotopic (exact) mass is 573 g/mol. The summed E-state index contributed by atoms with van der Waals surface area (Å²) in [4.78, 5) is 34.2. The first-order chi connectivity index (χ1) is 18.6. The molecule has 0 saturated heterocycles. The number of rotatable bonds is 8. The highest BCUT2D eigenvalue weighted by atomic mass is 32.2. The number of carbonyl (C=O) groups is 2. The lowest BCUT2D eigenvalue weighted by Gasteiger charge is -2.17. The highest BCUT2D eigenvalue weighted by molar-refractivity contribution is 8.14. The summed E-state index contributed by atoms with van der Waals surface area (Å²) in [5, 5.41) is 2.32. The van der Waals surface area contributed by atoms with Gasteiger partial charge in [0.05, 0.1) is 22.9 Å². The fourth-order valence-electron chi connectivity index (χ4n) is 3.95. The number of para-hydroxylation sites is 1. The lowest BCUT2D eigenvalue weighted by molar-refractivity contribution is -0.274. The van der Waals surface area contributed by atoms with Crippen LogP contribution < -0.4 is 14.8 Å². The second-order valence-electron chi connectivity index (χ2n) is 8.88. The number of hydrogen-bond donors (Lipinski definition) is 1. The number of ether oxygens (including phenoxy) is 2. The molecule has 0 aliphatic heterocycles. The van der Waals surface area contributed by atoms with Gasteiger partial charge >= 0.3 is 6.36 Å². The number of benzene rings is 2. The molecule has 0 bridgehead atoms. The summed E-state index contributed by atoms with van der Waals surface area (Å²) in [5.41, 5.74) is 2.57. The van der Waals surface area contributed by atoms with E-state index >= 15 is 0 Å². The van der Waals surface area contributed by atoms with Crippen LogP contribution >= 0.6 is 23.1 Å². The smallest absolute Gasteiger partial charge is 0.480 e. The molecule has 5 rings (SSSR count). The van der Waals surface area contributed by atoms with Gasteiger partial charge in [0, 0.05) is 28.5 Å². The van der Waals surface area contributed by atoms with Crippen molar-refractivity contribution in [3.05, 3.63) is 65.9 Å². The van der Waals surface area contributed by atoms with E-state index in [0.29, 0.717) is 10.7 Å². The topological polar surface area (TPSA) is 90.4 Å². The standard InChI is InChI=1S/C27H22F3N3O4S2/c1-14(18-5-3-4-6-21(18)37-27(28,29)30)38-25(35)19-11-17(13-31-24(19)36-2)16-9-10-20-22(12-16)39-26(32-20)33-23(34)15-7-8-15/h3-6,9-15H,7-8H2,1-2H3,(H,32,33,34). The van der Waals surface area contributed by atoms with E-state index < -0.39 is 16.7 Å². The molecule has 1 unspecified atom stereocenters. The van der Waals surface area contributed by atoms with Gasteiger partial charge in [0.2, 0.25) is 16.9 Å². The van der Waals surface area contributed by atoms with Crippen molar-refractivity contribution >= 4 is 49.5 Å². The minimum atomic E-state index is -4.85. The van der Waals surface area contributed by atoms with E-state index in [1.54, 1.807) is 25.3 Å². The highest BCUT2D eigenvalue weighted by Gasteiger charge is 2.33. The molecule has 2 aromatic carbocycles. The van der Waals surface area contributed by atoms with Crippen molar-refractivity contribution in [3.8, 4) is 22.8 Å². The van der Waals surface area contributed by atoms with Gasteiger partial charge in [-0.1, -0.05) is 47.4 Å². The number of thioether (sulfide) groups is 1. The first-order valence-corrected chi connectivity index (χ1v) is 13.6. The van der Waals surface area contributed by atoms with E-state index in [0.717, 1.165) is 40.4 Å². The molecule has 2 aromatic heterocycles. The number of nitrogens with zero attached hydrogens (tertiary/aromatic N) is 2. The molecular formula is C27H22F3N3O4S2. The summed E-state index contributed by atoms with van der Waals surface area (Å²) in [7, 11) is 1.39. The average Bonchev–Trinajstić information content (AvgIpc) is 3.67. The highest BCUT2D eigenvalue weighted by Crippen LogP contribution is 2.40. The molecule has 1 saturated carbocycles. The van der Waals surface area contributed by atoms with Crippen LogP contribution in [0.25, 0.3) is 21.3 Å². The Labute approximate surface area is 229 Å². The van der Waals surface area contributed by atoms with Crippen LogP contribution in [0.2, 0.25) is 0 Å². The number of pyridine rings is 1. The Morgan fingerprint density at radius 1 is 1.13 bits per heavy atom. The normalized spacial score (nSPS) is 14.2. The Balaban J connectivity index is 1.39. The quantitative estimate of drug-likeness (QED) is 0.237. The summed E-state index contributed by atoms with van der Waals surface area (Å²) >= 11 is 2.20. The lowest BCUT2D eigenvalue weighted by Crippen LogP contribution is -2.18. The molecule has 39 heavy (non-hydrogen) atoms. The summed E-state index contributed by atoms with van der Waals surface area (Å²) in [5.74, 6) is -0.203. The molecule has 12 heteroatoms. The van der Waals surface area contributed by atoms with Crippen LogP contribution in [-0.2, 0) is 4.79 Å². The Kier molecular flexibility index (Phi) is 7.50. The number of aromatic nitrogens is 2. The van der Waals surface area contributed by atoms with Crippen LogP contribution in [0.15, 0.2) is 54.7 Å². The number of thiazole rings is 1. The van der Waals surface area contributed by atoms with Crippen molar-refractivity contribution in [1.82, 2.24) is 9.97 Å². The summed E-state index contributed by atoms with van der Waals surface area (Å²) in [6, 6.07) is 12.9. The number of anilines is 1. The largest absolute Gasteiger partial charge is 0.573 e. The van der Waals surface area contributed by atoms with Crippen molar-refractivity contribution in [2.24, 2.45) is 5.92 Å². The van der Waals surface area contributed by atoms with Gasteiger partial charge in [-0.25, -0.2) is 9.97 Å². The van der Waals surface area contributed by atoms with Gasteiger partial charge in [0.25, 0.3) is 0 Å². The maximum atomic E-state index is 13.3. The third-order valence-electron chi connectivity index (χ3n) is 6.03. The molecule has 1 aliphatic rings. The first kappa shape index (κ1) is 26.9. The van der Waals surface area contributed by atoms with Gasteiger partial charge in [0.1, 0.15) is 5.75 Å². The number of amides is 1. The van der Waals surface area contributed by atoms with E-state index in [4.69, 9.17) is 4.74 Å². The summed E-state index contributed by atoms with van der Waals surface area (Å²) in [6.45, 7) is 1.63. The molecule has 7 nitrogen and oxygen atoms in total. The van der Waals surface area contributed by atoms with Crippen LogP contribution in [-0.4, -0.2) is 34.5 Å². The van der Waals surface area contributed by atoms with Crippen molar-refractivity contribution in [2.45, 2.75) is 31.4 Å². The second kappa shape index (κ2) is 10.9. The molecule has 1 fully saturated rings. The van der Waals surface area contributed by atoms with Crippen LogP contribution in [0.1, 0.15) is 40.9 Å². The van der Waals surface area contributed by atoms with Crippen molar-refractivity contribution < 1.29 is 32.2 Å². The molecule has 0 radical (unpaired) electrons. The molecule has 0 spiro atoms. The van der Waals surface area contributed by atoms with Crippen LogP contribution in [0.5, 0.6) is 11.6 Å². The minimum absolute atomic E-state index is 0.0175. The molecule has 202 valence electrons. The molecule has 2 heterocycles. The molecule has 1 aliphatic carbocycles. The Morgan fingerprint density at radius 2 is 1.90 bits per heavy atom. The fourth-order valence-corrected chi connectivity index (χ4v) is 5.78. The zero-order valence-electron chi connectivity index (χ0n) is 20.7. The number of fused-ring (bicyclic) bond motifs is 1. The van der Waals surface area contributed by atoms with Gasteiger partial charge in [0.15, 0.2) is 5.13 Å². The van der Waals surface area contributed by atoms with Gasteiger partial charge in [-0.3, -0.25) is 9.59 Å². The van der Waals surface area contributed by atoms with E-state index in [9.17, 15) is 22.8 Å². The predicted octanol–water partition coefficient (Wildman–Crippen LogP) is 7.25. The number of alkyl halides is 3. The minimum Gasteiger partial charge on any atom is -0.480 e. The summed E-state index contributed by atoms with van der Waals surface area (Å²) in [6.07, 6.45) is -1.47. The Bertz CT molecular complexity index is 1550. The zero-order valence-corrected chi connectivity index (χ0v) is 22.4. The number of halogens is 3. The molecular weight excluding hydrogens is 551 g/mol. The second-order valence-corrected chi connectivity index (χ2v) is 11.2. The van der Waals surface area contributed by atoms with E-state index in [2.05, 4.69) is 20.0 Å². The number of methoxy groups -OCH3 is 1. The first-order valence-electron chi connectivity index (χ1n) is 11.9. The molecule has 1 atom stereocenters. The Hall–Kier alpha value is -3.64. The van der Waals surface area contributed by atoms with Crippen LogP contribution in [0.3, 0.4) is 0 Å². The molecule has 1 amide bonds. The van der Waals surface area contributed by atoms with Crippen LogP contribution in [0, 0.1) is 5.92 Å². The fraction of sp³-hybridized carbons (Fsp3) is 0.259. The third-order valence-corrected chi connectivity index (χ3v) is 8.01. The maximum absolute atomic E-state index is 13.3.